The van der Waals surface area contributed by atoms with Crippen molar-refractivity contribution in [2.45, 2.75) is 11.2 Å². The second-order valence-electron chi connectivity index (χ2n) is 2.96. The van der Waals surface area contributed by atoms with E-state index in [0.717, 1.165) is 6.42 Å². The van der Waals surface area contributed by atoms with Crippen molar-refractivity contribution in [1.29, 1.82) is 0 Å². The topological polar surface area (TPSA) is 51.2 Å². The van der Waals surface area contributed by atoms with Crippen molar-refractivity contribution in [3.8, 4) is 0 Å². The number of hydrogen-bond acceptors (Lipinski definition) is 4. The molecule has 0 aromatic carbocycles. The normalized spacial score (nSPS) is 12.4. The van der Waals surface area contributed by atoms with Crippen LogP contribution < -0.4 is 5.32 Å². The van der Waals surface area contributed by atoms with Gasteiger partial charge in [0.25, 0.3) is 5.91 Å². The monoisotopic (exact) mass is 292 g/mol. The lowest BCUT2D eigenvalue weighted by Gasteiger charge is -2.08. The summed E-state index contributed by atoms with van der Waals surface area (Å²) in [6.07, 6.45) is 2.42. The maximum Gasteiger partial charge on any atom is 0.262 e. The van der Waals surface area contributed by atoms with Crippen LogP contribution in [0, 0.1) is 0 Å². The van der Waals surface area contributed by atoms with Gasteiger partial charge in [0.2, 0.25) is 0 Å². The third-order valence-corrected chi connectivity index (χ3v) is 3.24. The molecular weight excluding hydrogens is 280 g/mol. The summed E-state index contributed by atoms with van der Waals surface area (Å²) in [6, 6.07) is 0. The van der Waals surface area contributed by atoms with Crippen LogP contribution in [0.25, 0.3) is 0 Å². The highest BCUT2D eigenvalue weighted by atomic mass is 79.9. The Balaban J connectivity index is 2.18. The minimum absolute atomic E-state index is 0.0605. The van der Waals surface area contributed by atoms with Gasteiger partial charge in [0.05, 0.1) is 18.3 Å². The molecule has 1 rings (SSSR count). The summed E-state index contributed by atoms with van der Waals surface area (Å²) in [5, 5.41) is 2.82. The van der Waals surface area contributed by atoms with Crippen molar-refractivity contribution in [3.05, 3.63) is 16.6 Å². The summed E-state index contributed by atoms with van der Waals surface area (Å²) in [5.41, 5.74) is 1.65. The number of alkyl halides is 1. The summed E-state index contributed by atoms with van der Waals surface area (Å²) in [6.45, 7) is 1.28. The molecular formula is C9H13BrN2O2S. The van der Waals surface area contributed by atoms with E-state index in [1.165, 1.54) is 11.3 Å². The van der Waals surface area contributed by atoms with Crippen molar-refractivity contribution in [2.75, 3.05) is 20.3 Å². The molecule has 0 aliphatic carbocycles. The summed E-state index contributed by atoms with van der Waals surface area (Å²) < 4.78 is 4.97. The Morgan fingerprint density at radius 3 is 3.20 bits per heavy atom. The smallest absolute Gasteiger partial charge is 0.262 e. The summed E-state index contributed by atoms with van der Waals surface area (Å²) in [7, 11) is 1.66. The number of thiazole rings is 1. The number of amides is 1. The van der Waals surface area contributed by atoms with Crippen molar-refractivity contribution < 1.29 is 9.53 Å². The first kappa shape index (κ1) is 12.6. The minimum Gasteiger partial charge on any atom is -0.384 e. The van der Waals surface area contributed by atoms with Crippen molar-refractivity contribution in [1.82, 2.24) is 10.3 Å². The van der Waals surface area contributed by atoms with Crippen LogP contribution in [0.2, 0.25) is 0 Å². The summed E-state index contributed by atoms with van der Waals surface area (Å²) >= 11 is 4.79. The SMILES string of the molecule is COCC(Br)CCNC(=O)c1cncs1. The van der Waals surface area contributed by atoms with Gasteiger partial charge in [-0.25, -0.2) is 0 Å². The standard InChI is InChI=1S/C9H13BrN2O2S/c1-14-5-7(10)2-3-12-9(13)8-4-11-6-15-8/h4,6-7H,2-3,5H2,1H3,(H,12,13). The minimum atomic E-state index is -0.0605. The predicted octanol–water partition coefficient (Wildman–Crippen LogP) is 1.67. The van der Waals surface area contributed by atoms with Crippen LogP contribution in [-0.2, 0) is 4.74 Å². The molecule has 0 aliphatic rings. The maximum atomic E-state index is 11.5. The Morgan fingerprint density at radius 2 is 2.60 bits per heavy atom. The first-order chi connectivity index (χ1) is 7.24. The van der Waals surface area contributed by atoms with E-state index < -0.39 is 0 Å². The number of aromatic nitrogens is 1. The number of hydrogen-bond donors (Lipinski definition) is 1. The van der Waals surface area contributed by atoms with E-state index in [0.29, 0.717) is 18.0 Å². The van der Waals surface area contributed by atoms with Crippen molar-refractivity contribution >= 4 is 33.2 Å². The van der Waals surface area contributed by atoms with Gasteiger partial charge in [-0.2, -0.15) is 0 Å². The largest absolute Gasteiger partial charge is 0.384 e. The Kier molecular flexibility index (Phi) is 5.82. The van der Waals surface area contributed by atoms with Crippen LogP contribution in [0.4, 0.5) is 0 Å². The zero-order valence-corrected chi connectivity index (χ0v) is 10.8. The van der Waals surface area contributed by atoms with Gasteiger partial charge in [0.15, 0.2) is 0 Å². The van der Waals surface area contributed by atoms with E-state index in [-0.39, 0.29) is 10.7 Å². The third kappa shape index (κ3) is 4.72. The first-order valence-electron chi connectivity index (χ1n) is 4.53. The Hall–Kier alpha value is -0.460. The average Bonchev–Trinajstić information content (AvgIpc) is 2.70. The molecule has 84 valence electrons. The molecule has 1 amide bonds. The molecule has 1 heterocycles. The predicted molar refractivity (Wildman–Crippen MR) is 63.7 cm³/mol. The van der Waals surface area contributed by atoms with Gasteiger partial charge < -0.3 is 10.1 Å². The molecule has 0 saturated heterocycles. The van der Waals surface area contributed by atoms with E-state index in [1.54, 1.807) is 18.8 Å². The van der Waals surface area contributed by atoms with Gasteiger partial charge in [-0.3, -0.25) is 9.78 Å². The summed E-state index contributed by atoms with van der Waals surface area (Å²) in [4.78, 5) is 16.2. The fourth-order valence-electron chi connectivity index (χ4n) is 1.02. The molecule has 6 heteroatoms. The number of carbonyl (C=O) groups excluding carboxylic acids is 1. The molecule has 1 unspecified atom stereocenters. The van der Waals surface area contributed by atoms with E-state index in [9.17, 15) is 4.79 Å². The molecule has 0 saturated carbocycles. The van der Waals surface area contributed by atoms with Gasteiger partial charge >= 0.3 is 0 Å². The zero-order chi connectivity index (χ0) is 11.1. The lowest BCUT2D eigenvalue weighted by Crippen LogP contribution is -2.26. The van der Waals surface area contributed by atoms with E-state index in [4.69, 9.17) is 4.74 Å². The van der Waals surface area contributed by atoms with Crippen LogP contribution in [0.15, 0.2) is 11.7 Å². The highest BCUT2D eigenvalue weighted by molar-refractivity contribution is 9.09. The third-order valence-electron chi connectivity index (χ3n) is 1.75. The number of methoxy groups -OCH3 is 1. The van der Waals surface area contributed by atoms with Crippen LogP contribution in [0.1, 0.15) is 16.1 Å². The first-order valence-corrected chi connectivity index (χ1v) is 6.33. The van der Waals surface area contributed by atoms with Gasteiger partial charge in [-0.05, 0) is 6.42 Å². The Morgan fingerprint density at radius 1 is 1.80 bits per heavy atom. The molecule has 0 spiro atoms. The molecule has 0 radical (unpaired) electrons. The van der Waals surface area contributed by atoms with E-state index in [2.05, 4.69) is 26.2 Å². The number of nitrogens with one attached hydrogen (secondary N) is 1. The molecule has 0 fully saturated rings. The van der Waals surface area contributed by atoms with Gasteiger partial charge in [-0.15, -0.1) is 11.3 Å². The molecule has 1 aromatic heterocycles. The van der Waals surface area contributed by atoms with Gasteiger partial charge in [0, 0.05) is 18.5 Å². The van der Waals surface area contributed by atoms with Gasteiger partial charge in [-0.1, -0.05) is 15.9 Å². The maximum absolute atomic E-state index is 11.5. The van der Waals surface area contributed by atoms with Crippen LogP contribution >= 0.6 is 27.3 Å². The molecule has 4 nitrogen and oxygen atoms in total. The average molecular weight is 293 g/mol. The highest BCUT2D eigenvalue weighted by Crippen LogP contribution is 2.06. The number of carbonyl (C=O) groups is 1. The van der Waals surface area contributed by atoms with Crippen LogP contribution in [0.3, 0.4) is 0 Å². The van der Waals surface area contributed by atoms with Crippen molar-refractivity contribution in [3.63, 3.8) is 0 Å². The molecule has 1 aromatic rings. The van der Waals surface area contributed by atoms with E-state index in [1.807, 2.05) is 0 Å². The number of nitrogens with zero attached hydrogens (tertiary/aromatic N) is 1. The molecule has 1 atom stereocenters. The van der Waals surface area contributed by atoms with Crippen molar-refractivity contribution in [2.24, 2.45) is 0 Å². The molecule has 1 N–H and O–H groups in total. The quantitative estimate of drug-likeness (QED) is 0.812. The van der Waals surface area contributed by atoms with Crippen LogP contribution in [-0.4, -0.2) is 36.0 Å². The number of ether oxygens (including phenoxy) is 1. The summed E-state index contributed by atoms with van der Waals surface area (Å²) in [5.74, 6) is -0.0605. The Bertz CT molecular complexity index is 292. The lowest BCUT2D eigenvalue weighted by atomic mass is 10.3. The fourth-order valence-corrected chi connectivity index (χ4v) is 2.05. The molecule has 0 aliphatic heterocycles. The molecule has 15 heavy (non-hydrogen) atoms. The number of halogens is 1. The van der Waals surface area contributed by atoms with Gasteiger partial charge in [0.1, 0.15) is 4.88 Å². The molecule has 0 bridgehead atoms. The van der Waals surface area contributed by atoms with E-state index >= 15 is 0 Å². The Labute approximate surface area is 101 Å². The van der Waals surface area contributed by atoms with Crippen LogP contribution in [0.5, 0.6) is 0 Å². The second-order valence-corrected chi connectivity index (χ2v) is 5.14. The second kappa shape index (κ2) is 6.92. The number of rotatable bonds is 6. The fraction of sp³-hybridized carbons (Fsp3) is 0.556. The lowest BCUT2D eigenvalue weighted by molar-refractivity contribution is 0.0956. The zero-order valence-electron chi connectivity index (χ0n) is 8.40. The highest BCUT2D eigenvalue weighted by Gasteiger charge is 2.08.